The molecule has 9 heteroatoms. The van der Waals surface area contributed by atoms with Gasteiger partial charge in [0.1, 0.15) is 11.6 Å². The van der Waals surface area contributed by atoms with E-state index in [0.29, 0.717) is 28.0 Å². The molecular weight excluding hydrogens is 480 g/mol. The zero-order valence-electron chi connectivity index (χ0n) is 18.8. The van der Waals surface area contributed by atoms with Gasteiger partial charge in [0, 0.05) is 40.6 Å². The summed E-state index contributed by atoms with van der Waals surface area (Å²) >= 11 is 1.47. The average Bonchev–Trinajstić information content (AvgIpc) is 3.33. The van der Waals surface area contributed by atoms with Crippen molar-refractivity contribution in [3.8, 4) is 17.1 Å². The van der Waals surface area contributed by atoms with Crippen LogP contribution in [-0.2, 0) is 5.75 Å². The summed E-state index contributed by atoms with van der Waals surface area (Å²) in [5, 5.41) is 12.1. The second-order valence-corrected chi connectivity index (χ2v) is 8.75. The van der Waals surface area contributed by atoms with Gasteiger partial charge in [0.05, 0.1) is 0 Å². The molecule has 3 aromatic carbocycles. The normalized spacial score (nSPS) is 10.8. The quantitative estimate of drug-likeness (QED) is 0.272. The number of hydrogen-bond acceptors (Lipinski definition) is 5. The first-order chi connectivity index (χ1) is 17.6. The van der Waals surface area contributed by atoms with Gasteiger partial charge in [-0.25, -0.2) is 8.78 Å². The highest BCUT2D eigenvalue weighted by Gasteiger charge is 2.16. The van der Waals surface area contributed by atoms with E-state index in [1.54, 1.807) is 42.7 Å². The first kappa shape index (κ1) is 23.4. The van der Waals surface area contributed by atoms with Gasteiger partial charge in [0.15, 0.2) is 11.0 Å². The number of halogens is 2. The number of nitrogens with zero attached hydrogens (tertiary/aromatic N) is 4. The Bertz CT molecular complexity index is 1490. The number of amides is 1. The lowest BCUT2D eigenvalue weighted by Gasteiger charge is -2.11. The molecular formula is C27H19F2N5OS. The van der Waals surface area contributed by atoms with Gasteiger partial charge in [-0.2, -0.15) is 0 Å². The molecule has 36 heavy (non-hydrogen) atoms. The van der Waals surface area contributed by atoms with Crippen molar-refractivity contribution in [1.29, 1.82) is 0 Å². The molecule has 0 radical (unpaired) electrons. The van der Waals surface area contributed by atoms with E-state index < -0.39 is 5.82 Å². The lowest BCUT2D eigenvalue weighted by molar-refractivity contribution is 0.102. The SMILES string of the molecule is O=C(Nc1cccc(F)c1)c1ccc(CSc2nnc(-c3ccncc3)n2-c2ccc(F)cc2)cc1. The van der Waals surface area contributed by atoms with E-state index in [2.05, 4.69) is 20.5 Å². The molecule has 5 rings (SSSR count). The summed E-state index contributed by atoms with van der Waals surface area (Å²) in [6.45, 7) is 0. The molecule has 1 amide bonds. The largest absolute Gasteiger partial charge is 0.322 e. The summed E-state index contributed by atoms with van der Waals surface area (Å²) < 4.78 is 28.8. The Hall–Kier alpha value is -4.37. The lowest BCUT2D eigenvalue weighted by Crippen LogP contribution is -2.11. The minimum absolute atomic E-state index is 0.321. The third-order valence-corrected chi connectivity index (χ3v) is 6.32. The Kier molecular flexibility index (Phi) is 6.81. The number of benzene rings is 3. The van der Waals surface area contributed by atoms with E-state index in [9.17, 15) is 13.6 Å². The van der Waals surface area contributed by atoms with E-state index in [1.165, 1.54) is 42.1 Å². The van der Waals surface area contributed by atoms with Crippen molar-refractivity contribution >= 4 is 23.4 Å². The van der Waals surface area contributed by atoms with Gasteiger partial charge in [-0.05, 0) is 72.3 Å². The predicted octanol–water partition coefficient (Wildman–Crippen LogP) is 6.15. The van der Waals surface area contributed by atoms with Gasteiger partial charge in [0.2, 0.25) is 0 Å². The molecule has 0 fully saturated rings. The number of carbonyl (C=O) groups is 1. The van der Waals surface area contributed by atoms with Crippen molar-refractivity contribution in [3.63, 3.8) is 0 Å². The van der Waals surface area contributed by atoms with Crippen molar-refractivity contribution < 1.29 is 13.6 Å². The highest BCUT2D eigenvalue weighted by molar-refractivity contribution is 7.98. The maximum Gasteiger partial charge on any atom is 0.255 e. The molecule has 0 atom stereocenters. The fourth-order valence-corrected chi connectivity index (χ4v) is 4.45. The van der Waals surface area contributed by atoms with Crippen molar-refractivity contribution in [2.45, 2.75) is 10.9 Å². The average molecular weight is 500 g/mol. The van der Waals surface area contributed by atoms with Crippen LogP contribution in [0, 0.1) is 11.6 Å². The molecule has 5 aromatic rings. The maximum absolute atomic E-state index is 13.6. The molecule has 0 saturated heterocycles. The van der Waals surface area contributed by atoms with Crippen molar-refractivity contribution in [1.82, 2.24) is 19.7 Å². The number of hydrogen-bond donors (Lipinski definition) is 1. The lowest BCUT2D eigenvalue weighted by atomic mass is 10.1. The molecule has 2 aromatic heterocycles. The van der Waals surface area contributed by atoms with E-state index in [-0.39, 0.29) is 11.7 Å². The van der Waals surface area contributed by atoms with Crippen LogP contribution in [0.2, 0.25) is 0 Å². The van der Waals surface area contributed by atoms with Gasteiger partial charge < -0.3 is 5.32 Å². The number of nitrogens with one attached hydrogen (secondary N) is 1. The van der Waals surface area contributed by atoms with Crippen LogP contribution in [0.15, 0.2) is 102 Å². The molecule has 6 nitrogen and oxygen atoms in total. The Morgan fingerprint density at radius 2 is 1.61 bits per heavy atom. The van der Waals surface area contributed by atoms with Crippen LogP contribution >= 0.6 is 11.8 Å². The summed E-state index contributed by atoms with van der Waals surface area (Å²) in [7, 11) is 0. The van der Waals surface area contributed by atoms with E-state index in [1.807, 2.05) is 28.8 Å². The summed E-state index contributed by atoms with van der Waals surface area (Å²) in [6, 6.07) is 22.7. The van der Waals surface area contributed by atoms with E-state index in [0.717, 1.165) is 16.8 Å². The Balaban J connectivity index is 1.33. The Labute approximate surface area is 210 Å². The summed E-state index contributed by atoms with van der Waals surface area (Å²) in [5.41, 5.74) is 3.40. The molecule has 178 valence electrons. The molecule has 1 N–H and O–H groups in total. The third-order valence-electron chi connectivity index (χ3n) is 5.32. The minimum atomic E-state index is -0.416. The summed E-state index contributed by atoms with van der Waals surface area (Å²) in [5.74, 6) is 0.129. The standard InChI is InChI=1S/C27H19F2N5OS/c28-21-8-10-24(11-9-21)34-25(19-12-14-30-15-13-19)32-33-27(34)36-17-18-4-6-20(7-5-18)26(35)31-23-3-1-2-22(29)16-23/h1-16H,17H2,(H,31,35). The Morgan fingerprint density at radius 1 is 0.861 bits per heavy atom. The first-order valence-corrected chi connectivity index (χ1v) is 12.0. The molecule has 0 spiro atoms. The highest BCUT2D eigenvalue weighted by Crippen LogP contribution is 2.29. The first-order valence-electron chi connectivity index (χ1n) is 11.0. The topological polar surface area (TPSA) is 72.7 Å². The number of carbonyl (C=O) groups excluding carboxylic acids is 1. The van der Waals surface area contributed by atoms with Crippen LogP contribution in [0.3, 0.4) is 0 Å². The molecule has 0 unspecified atom stereocenters. The number of rotatable bonds is 7. The summed E-state index contributed by atoms with van der Waals surface area (Å²) in [4.78, 5) is 16.5. The van der Waals surface area contributed by atoms with E-state index in [4.69, 9.17) is 0 Å². The van der Waals surface area contributed by atoms with Gasteiger partial charge in [0.25, 0.3) is 5.91 Å². The van der Waals surface area contributed by atoms with Crippen LogP contribution in [0.25, 0.3) is 17.1 Å². The predicted molar refractivity (Wildman–Crippen MR) is 135 cm³/mol. The zero-order chi connectivity index (χ0) is 24.9. The van der Waals surface area contributed by atoms with Gasteiger partial charge in [-0.1, -0.05) is 30.0 Å². The maximum atomic E-state index is 13.6. The van der Waals surface area contributed by atoms with Crippen molar-refractivity contribution in [2.24, 2.45) is 0 Å². The number of aromatic nitrogens is 4. The zero-order valence-corrected chi connectivity index (χ0v) is 19.6. The minimum Gasteiger partial charge on any atom is -0.322 e. The summed E-state index contributed by atoms with van der Waals surface area (Å²) in [6.07, 6.45) is 3.36. The molecule has 0 saturated carbocycles. The van der Waals surface area contributed by atoms with Crippen LogP contribution in [0.1, 0.15) is 15.9 Å². The number of anilines is 1. The monoisotopic (exact) mass is 499 g/mol. The van der Waals surface area contributed by atoms with Crippen molar-refractivity contribution in [3.05, 3.63) is 120 Å². The van der Waals surface area contributed by atoms with Crippen molar-refractivity contribution in [2.75, 3.05) is 5.32 Å². The molecule has 0 aliphatic heterocycles. The van der Waals surface area contributed by atoms with E-state index >= 15 is 0 Å². The molecule has 0 aliphatic rings. The van der Waals surface area contributed by atoms with Crippen LogP contribution in [0.5, 0.6) is 0 Å². The number of thioether (sulfide) groups is 1. The molecule has 0 bridgehead atoms. The second-order valence-electron chi connectivity index (χ2n) is 7.80. The van der Waals surface area contributed by atoms with Crippen LogP contribution in [-0.4, -0.2) is 25.7 Å². The second kappa shape index (κ2) is 10.5. The van der Waals surface area contributed by atoms with Gasteiger partial charge >= 0.3 is 0 Å². The van der Waals surface area contributed by atoms with Gasteiger partial charge in [-0.15, -0.1) is 10.2 Å². The van der Waals surface area contributed by atoms with Gasteiger partial charge in [-0.3, -0.25) is 14.3 Å². The number of pyridine rings is 1. The molecule has 2 heterocycles. The molecule has 0 aliphatic carbocycles. The fourth-order valence-electron chi connectivity index (χ4n) is 3.54. The van der Waals surface area contributed by atoms with Crippen LogP contribution in [0.4, 0.5) is 14.5 Å². The third kappa shape index (κ3) is 5.31. The Morgan fingerprint density at radius 3 is 2.33 bits per heavy atom. The van der Waals surface area contributed by atoms with Crippen LogP contribution < -0.4 is 5.32 Å². The fraction of sp³-hybridized carbons (Fsp3) is 0.0370. The smallest absolute Gasteiger partial charge is 0.255 e. The highest BCUT2D eigenvalue weighted by atomic mass is 32.2.